The Labute approximate surface area is 193 Å². The summed E-state index contributed by atoms with van der Waals surface area (Å²) in [5.74, 6) is -3.49. The van der Waals surface area contributed by atoms with Crippen molar-refractivity contribution in [1.82, 2.24) is 20.9 Å². The van der Waals surface area contributed by atoms with Crippen LogP contribution in [0.4, 0.5) is 18.9 Å². The summed E-state index contributed by atoms with van der Waals surface area (Å²) < 4.78 is 39.4. The fourth-order valence-corrected chi connectivity index (χ4v) is 5.02. The Balaban J connectivity index is 1.51. The number of piperidine rings is 2. The Morgan fingerprint density at radius 1 is 1.21 bits per heavy atom. The smallest absolute Gasteiger partial charge is 0.340 e. The van der Waals surface area contributed by atoms with Gasteiger partial charge < -0.3 is 16.0 Å². The van der Waals surface area contributed by atoms with Gasteiger partial charge in [0.15, 0.2) is 0 Å². The number of carbonyl (C=O) groups excluding carboxylic acids is 3. The van der Waals surface area contributed by atoms with Gasteiger partial charge in [0, 0.05) is 24.7 Å². The molecular formula is C21H25ClF3N5O3. The molecule has 3 amide bonds. The fraction of sp³-hybridized carbons (Fsp3) is 0.571. The molecular weight excluding hydrogens is 463 g/mol. The summed E-state index contributed by atoms with van der Waals surface area (Å²) in [6.45, 7) is 2.85. The van der Waals surface area contributed by atoms with E-state index in [2.05, 4.69) is 33.1 Å². The van der Waals surface area contributed by atoms with E-state index in [1.807, 2.05) is 0 Å². The van der Waals surface area contributed by atoms with E-state index in [9.17, 15) is 27.6 Å². The Hall–Kier alpha value is -2.37. The van der Waals surface area contributed by atoms with Crippen LogP contribution in [-0.2, 0) is 20.6 Å². The van der Waals surface area contributed by atoms with Crippen molar-refractivity contribution in [3.05, 3.63) is 28.8 Å². The van der Waals surface area contributed by atoms with Crippen LogP contribution in [0.2, 0.25) is 5.02 Å². The lowest BCUT2D eigenvalue weighted by atomic mass is 9.81. The van der Waals surface area contributed by atoms with E-state index in [0.717, 1.165) is 37.9 Å². The number of amides is 3. The minimum absolute atomic E-state index is 0.122. The van der Waals surface area contributed by atoms with Crippen LogP contribution in [0.25, 0.3) is 0 Å². The van der Waals surface area contributed by atoms with Gasteiger partial charge in [-0.1, -0.05) is 18.0 Å². The van der Waals surface area contributed by atoms with Crippen molar-refractivity contribution in [2.24, 2.45) is 11.8 Å². The average molecular weight is 488 g/mol. The number of alkyl halides is 3. The molecule has 3 saturated heterocycles. The molecule has 1 aromatic rings. The van der Waals surface area contributed by atoms with Gasteiger partial charge in [-0.05, 0) is 38.0 Å². The number of rotatable bonds is 3. The molecule has 5 unspecified atom stereocenters. The number of hydrogen-bond acceptors (Lipinski definition) is 5. The van der Waals surface area contributed by atoms with Crippen LogP contribution in [-0.4, -0.2) is 47.7 Å². The van der Waals surface area contributed by atoms with Crippen molar-refractivity contribution in [2.45, 2.75) is 57.3 Å². The van der Waals surface area contributed by atoms with Crippen LogP contribution in [0.1, 0.15) is 38.2 Å². The fourth-order valence-electron chi connectivity index (χ4n) is 4.80. The molecule has 3 fully saturated rings. The van der Waals surface area contributed by atoms with Gasteiger partial charge >= 0.3 is 6.18 Å². The van der Waals surface area contributed by atoms with Crippen molar-refractivity contribution in [1.29, 1.82) is 0 Å². The topological polar surface area (TPSA) is 103 Å². The van der Waals surface area contributed by atoms with Gasteiger partial charge in [0.1, 0.15) is 6.29 Å². The van der Waals surface area contributed by atoms with Crippen LogP contribution in [0.5, 0.6) is 0 Å². The Morgan fingerprint density at radius 3 is 2.67 bits per heavy atom. The van der Waals surface area contributed by atoms with Gasteiger partial charge in [0.2, 0.25) is 17.7 Å². The third-order valence-electron chi connectivity index (χ3n) is 6.50. The molecule has 4 rings (SSSR count). The molecule has 0 aliphatic carbocycles. The summed E-state index contributed by atoms with van der Waals surface area (Å²) in [5, 5.41) is 10.8. The second-order valence-corrected chi connectivity index (χ2v) is 9.13. The molecule has 8 nitrogen and oxygen atoms in total. The monoisotopic (exact) mass is 487 g/mol. The van der Waals surface area contributed by atoms with Crippen LogP contribution in [0, 0.1) is 11.8 Å². The lowest BCUT2D eigenvalue weighted by Gasteiger charge is -2.48. The highest BCUT2D eigenvalue weighted by Gasteiger charge is 2.49. The molecule has 12 heteroatoms. The highest BCUT2D eigenvalue weighted by molar-refractivity contribution is 6.31. The molecule has 0 spiro atoms. The van der Waals surface area contributed by atoms with Gasteiger partial charge in [-0.2, -0.15) is 13.2 Å². The van der Waals surface area contributed by atoms with Crippen LogP contribution < -0.4 is 21.3 Å². The molecule has 33 heavy (non-hydrogen) atoms. The molecule has 5 atom stereocenters. The Kier molecular flexibility index (Phi) is 6.56. The molecule has 0 radical (unpaired) electrons. The van der Waals surface area contributed by atoms with Crippen molar-refractivity contribution in [3.63, 3.8) is 0 Å². The first-order valence-electron chi connectivity index (χ1n) is 10.8. The zero-order valence-corrected chi connectivity index (χ0v) is 18.6. The maximum absolute atomic E-state index is 13.1. The van der Waals surface area contributed by atoms with E-state index in [1.165, 1.54) is 6.07 Å². The number of carbonyl (C=O) groups is 3. The summed E-state index contributed by atoms with van der Waals surface area (Å²) in [4.78, 5) is 40.4. The predicted octanol–water partition coefficient (Wildman–Crippen LogP) is 2.25. The molecule has 3 heterocycles. The van der Waals surface area contributed by atoms with Gasteiger partial charge in [0.05, 0.1) is 28.6 Å². The zero-order chi connectivity index (χ0) is 23.9. The maximum atomic E-state index is 13.1. The van der Waals surface area contributed by atoms with Gasteiger partial charge in [-0.25, -0.2) is 0 Å². The SMILES string of the molecule is CC1CCCCN1C1NC(=O)C2C(NC(=O)CC2C(=O)Nc2ccc(Cl)c(C(F)(F)F)c2)N1. The first kappa shape index (κ1) is 23.8. The molecule has 3 aliphatic rings. The number of nitrogens with zero attached hydrogens (tertiary/aromatic N) is 1. The highest BCUT2D eigenvalue weighted by atomic mass is 35.5. The number of fused-ring (bicyclic) bond motifs is 1. The van der Waals surface area contributed by atoms with Crippen LogP contribution >= 0.6 is 11.6 Å². The summed E-state index contributed by atoms with van der Waals surface area (Å²) >= 11 is 5.63. The van der Waals surface area contributed by atoms with Gasteiger partial charge in [-0.3, -0.25) is 24.6 Å². The van der Waals surface area contributed by atoms with E-state index in [1.54, 1.807) is 0 Å². The van der Waals surface area contributed by atoms with Crippen molar-refractivity contribution in [3.8, 4) is 0 Å². The number of nitrogens with one attached hydrogen (secondary N) is 4. The minimum Gasteiger partial charge on any atom is -0.340 e. The standard InChI is InChI=1S/C21H25ClF3N5O3/c1-10-4-2-3-7-30(10)20-28-17-16(19(33)29-20)12(9-15(31)27-17)18(32)26-11-5-6-14(22)13(8-11)21(23,24)25/h5-6,8,10,12,16-17,20,28H,2-4,7,9H2,1H3,(H,26,32)(H,27,31)(H,29,33). The summed E-state index contributed by atoms with van der Waals surface area (Å²) in [5.41, 5.74) is -1.21. The number of benzene rings is 1. The maximum Gasteiger partial charge on any atom is 0.417 e. The van der Waals surface area contributed by atoms with Crippen LogP contribution in [0.3, 0.4) is 0 Å². The Bertz CT molecular complexity index is 960. The second kappa shape index (κ2) is 9.11. The molecule has 0 bridgehead atoms. The van der Waals surface area contributed by atoms with Gasteiger partial charge in [-0.15, -0.1) is 0 Å². The van der Waals surface area contributed by atoms with E-state index in [4.69, 9.17) is 11.6 Å². The third kappa shape index (κ3) is 4.95. The van der Waals surface area contributed by atoms with E-state index < -0.39 is 58.8 Å². The molecule has 1 aromatic carbocycles. The lowest BCUT2D eigenvalue weighted by molar-refractivity contribution is -0.148. The second-order valence-electron chi connectivity index (χ2n) is 8.72. The molecule has 0 saturated carbocycles. The van der Waals surface area contributed by atoms with E-state index >= 15 is 0 Å². The summed E-state index contributed by atoms with van der Waals surface area (Å²) in [6, 6.07) is 3.24. The minimum atomic E-state index is -4.69. The quantitative estimate of drug-likeness (QED) is 0.524. The third-order valence-corrected chi connectivity index (χ3v) is 6.83. The zero-order valence-electron chi connectivity index (χ0n) is 17.8. The number of halogens is 4. The van der Waals surface area contributed by atoms with Crippen molar-refractivity contribution in [2.75, 3.05) is 11.9 Å². The molecule has 4 N–H and O–H groups in total. The van der Waals surface area contributed by atoms with E-state index in [-0.39, 0.29) is 18.2 Å². The average Bonchev–Trinajstić information content (AvgIpc) is 2.73. The van der Waals surface area contributed by atoms with Crippen LogP contribution in [0.15, 0.2) is 18.2 Å². The van der Waals surface area contributed by atoms with Crippen molar-refractivity contribution >= 4 is 35.0 Å². The summed E-state index contributed by atoms with van der Waals surface area (Å²) in [6.07, 6.45) is -3.13. The number of anilines is 1. The number of likely N-dealkylation sites (tertiary alicyclic amines) is 1. The lowest BCUT2D eigenvalue weighted by Crippen LogP contribution is -2.75. The van der Waals surface area contributed by atoms with Gasteiger partial charge in [0.25, 0.3) is 0 Å². The summed E-state index contributed by atoms with van der Waals surface area (Å²) in [7, 11) is 0. The normalized spacial score (nSPS) is 30.8. The first-order chi connectivity index (χ1) is 15.5. The number of hydrogen-bond donors (Lipinski definition) is 4. The Morgan fingerprint density at radius 2 is 1.97 bits per heavy atom. The highest BCUT2D eigenvalue weighted by Crippen LogP contribution is 2.37. The molecule has 180 valence electrons. The van der Waals surface area contributed by atoms with Crippen molar-refractivity contribution < 1.29 is 27.6 Å². The largest absolute Gasteiger partial charge is 0.417 e. The predicted molar refractivity (Wildman–Crippen MR) is 114 cm³/mol. The molecule has 3 aliphatic heterocycles. The molecule has 0 aromatic heterocycles. The van der Waals surface area contributed by atoms with E-state index in [0.29, 0.717) is 0 Å². The first-order valence-corrected chi connectivity index (χ1v) is 11.2.